The van der Waals surface area contributed by atoms with Crippen molar-refractivity contribution < 1.29 is 9.53 Å². The Hall–Kier alpha value is -2.44. The lowest BCUT2D eigenvalue weighted by Crippen LogP contribution is -2.21. The van der Waals surface area contributed by atoms with Gasteiger partial charge in [-0.25, -0.2) is 0 Å². The van der Waals surface area contributed by atoms with E-state index in [9.17, 15) is 4.79 Å². The van der Waals surface area contributed by atoms with E-state index in [1.54, 1.807) is 0 Å². The molecule has 0 saturated carbocycles. The molecule has 1 heterocycles. The smallest absolute Gasteiger partial charge is 0.270 e. The highest BCUT2D eigenvalue weighted by Gasteiger charge is 2.07. The first-order chi connectivity index (χ1) is 9.71. The minimum Gasteiger partial charge on any atom is -0.484 e. The summed E-state index contributed by atoms with van der Waals surface area (Å²) in [6.45, 7) is 4.48. The third kappa shape index (κ3) is 3.78. The zero-order valence-electron chi connectivity index (χ0n) is 11.5. The standard InChI is InChI=1S/C13H17N5O2/c1-3-10-5-7-11(8-6-10)20-9-12(19)14-13-15-17-18(4-2)16-13/h5-8H,3-4,9H2,1-2H3,(H,14,16,19). The number of carbonyl (C=O) groups excluding carboxylic acids is 1. The highest BCUT2D eigenvalue weighted by atomic mass is 16.5. The molecule has 0 aliphatic carbocycles. The van der Waals surface area contributed by atoms with Crippen molar-refractivity contribution in [1.29, 1.82) is 0 Å². The molecule has 1 aromatic heterocycles. The molecule has 0 aliphatic rings. The van der Waals surface area contributed by atoms with Crippen LogP contribution in [0.4, 0.5) is 5.95 Å². The van der Waals surface area contributed by atoms with Crippen molar-refractivity contribution in [2.24, 2.45) is 0 Å². The lowest BCUT2D eigenvalue weighted by Gasteiger charge is -2.05. The van der Waals surface area contributed by atoms with Gasteiger partial charge in [-0.1, -0.05) is 24.2 Å². The molecule has 7 nitrogen and oxygen atoms in total. The van der Waals surface area contributed by atoms with Gasteiger partial charge in [0.2, 0.25) is 0 Å². The summed E-state index contributed by atoms with van der Waals surface area (Å²) >= 11 is 0. The van der Waals surface area contributed by atoms with E-state index >= 15 is 0 Å². The number of tetrazole rings is 1. The van der Waals surface area contributed by atoms with E-state index in [0.717, 1.165) is 6.42 Å². The Labute approximate surface area is 116 Å². The van der Waals surface area contributed by atoms with Crippen LogP contribution >= 0.6 is 0 Å². The fourth-order valence-corrected chi connectivity index (χ4v) is 1.56. The Morgan fingerprint density at radius 3 is 2.65 bits per heavy atom. The predicted molar refractivity (Wildman–Crippen MR) is 73.4 cm³/mol. The zero-order valence-corrected chi connectivity index (χ0v) is 11.5. The number of nitrogens with zero attached hydrogens (tertiary/aromatic N) is 4. The quantitative estimate of drug-likeness (QED) is 0.858. The molecule has 106 valence electrons. The van der Waals surface area contributed by atoms with Gasteiger partial charge in [0.25, 0.3) is 11.9 Å². The van der Waals surface area contributed by atoms with Crippen LogP contribution in [0.15, 0.2) is 24.3 Å². The maximum atomic E-state index is 11.7. The van der Waals surface area contributed by atoms with Gasteiger partial charge in [0.05, 0.1) is 6.54 Å². The normalized spacial score (nSPS) is 10.3. The van der Waals surface area contributed by atoms with Gasteiger partial charge in [-0.05, 0) is 36.3 Å². The van der Waals surface area contributed by atoms with E-state index < -0.39 is 0 Å². The van der Waals surface area contributed by atoms with Crippen molar-refractivity contribution in [3.05, 3.63) is 29.8 Å². The lowest BCUT2D eigenvalue weighted by atomic mass is 10.2. The summed E-state index contributed by atoms with van der Waals surface area (Å²) in [4.78, 5) is 13.0. The van der Waals surface area contributed by atoms with Gasteiger partial charge in [-0.15, -0.1) is 5.10 Å². The Morgan fingerprint density at radius 2 is 2.05 bits per heavy atom. The van der Waals surface area contributed by atoms with Crippen molar-refractivity contribution in [2.75, 3.05) is 11.9 Å². The molecule has 1 aromatic carbocycles. The SMILES string of the molecule is CCc1ccc(OCC(=O)Nc2nnn(CC)n2)cc1. The molecule has 0 saturated heterocycles. The number of aryl methyl sites for hydroxylation is 2. The number of rotatable bonds is 6. The first-order valence-corrected chi connectivity index (χ1v) is 6.50. The van der Waals surface area contributed by atoms with Gasteiger partial charge in [-0.2, -0.15) is 4.80 Å². The van der Waals surface area contributed by atoms with Crippen molar-refractivity contribution in [1.82, 2.24) is 20.2 Å². The molecule has 0 spiro atoms. The summed E-state index contributed by atoms with van der Waals surface area (Å²) in [5, 5.41) is 13.9. The lowest BCUT2D eigenvalue weighted by molar-refractivity contribution is -0.118. The minimum absolute atomic E-state index is 0.0911. The molecular formula is C13H17N5O2. The van der Waals surface area contributed by atoms with Gasteiger partial charge < -0.3 is 4.74 Å². The number of benzene rings is 1. The van der Waals surface area contributed by atoms with Crippen LogP contribution in [0.25, 0.3) is 0 Å². The molecule has 2 aromatic rings. The van der Waals surface area contributed by atoms with Gasteiger partial charge in [0.15, 0.2) is 6.61 Å². The number of nitrogens with one attached hydrogen (secondary N) is 1. The Bertz CT molecular complexity index is 564. The number of amides is 1. The monoisotopic (exact) mass is 275 g/mol. The molecule has 0 fully saturated rings. The number of hydrogen-bond acceptors (Lipinski definition) is 5. The maximum Gasteiger partial charge on any atom is 0.270 e. The molecule has 0 radical (unpaired) electrons. The van der Waals surface area contributed by atoms with Gasteiger partial charge in [-0.3, -0.25) is 10.1 Å². The second kappa shape index (κ2) is 6.65. The third-order valence-electron chi connectivity index (χ3n) is 2.69. The second-order valence-corrected chi connectivity index (χ2v) is 4.14. The van der Waals surface area contributed by atoms with Crippen LogP contribution in [0.5, 0.6) is 5.75 Å². The summed E-state index contributed by atoms with van der Waals surface area (Å²) < 4.78 is 5.38. The second-order valence-electron chi connectivity index (χ2n) is 4.14. The molecular weight excluding hydrogens is 258 g/mol. The van der Waals surface area contributed by atoms with Gasteiger partial charge in [0, 0.05) is 0 Å². The molecule has 1 amide bonds. The molecule has 2 rings (SSSR count). The average molecular weight is 275 g/mol. The summed E-state index contributed by atoms with van der Waals surface area (Å²) in [6, 6.07) is 7.64. The molecule has 0 unspecified atom stereocenters. The predicted octanol–water partition coefficient (Wildman–Crippen LogP) is 1.27. The van der Waals surface area contributed by atoms with E-state index in [0.29, 0.717) is 12.3 Å². The first-order valence-electron chi connectivity index (χ1n) is 6.50. The molecule has 1 N–H and O–H groups in total. The fraction of sp³-hybridized carbons (Fsp3) is 0.385. The Kier molecular flexibility index (Phi) is 4.65. The van der Waals surface area contributed by atoms with Gasteiger partial charge in [0.1, 0.15) is 5.75 Å². The highest BCUT2D eigenvalue weighted by molar-refractivity contribution is 5.90. The fourth-order valence-electron chi connectivity index (χ4n) is 1.56. The van der Waals surface area contributed by atoms with Crippen LogP contribution in [0.1, 0.15) is 19.4 Å². The van der Waals surface area contributed by atoms with Crippen molar-refractivity contribution in [2.45, 2.75) is 26.8 Å². The van der Waals surface area contributed by atoms with Crippen LogP contribution in [0, 0.1) is 0 Å². The third-order valence-corrected chi connectivity index (χ3v) is 2.69. The van der Waals surface area contributed by atoms with Crippen LogP contribution in [-0.4, -0.2) is 32.7 Å². The Balaban J connectivity index is 1.82. The van der Waals surface area contributed by atoms with Crippen LogP contribution in [0.2, 0.25) is 0 Å². The molecule has 20 heavy (non-hydrogen) atoms. The maximum absolute atomic E-state index is 11.7. The van der Waals surface area contributed by atoms with Gasteiger partial charge >= 0.3 is 0 Å². The van der Waals surface area contributed by atoms with E-state index in [-0.39, 0.29) is 18.5 Å². The number of carbonyl (C=O) groups is 1. The summed E-state index contributed by atoms with van der Waals surface area (Å²) in [5.74, 6) is 0.518. The Morgan fingerprint density at radius 1 is 1.30 bits per heavy atom. The molecule has 0 atom stereocenters. The zero-order chi connectivity index (χ0) is 14.4. The number of ether oxygens (including phenoxy) is 1. The largest absolute Gasteiger partial charge is 0.484 e. The molecule has 0 aliphatic heterocycles. The summed E-state index contributed by atoms with van der Waals surface area (Å²) in [5.41, 5.74) is 1.22. The summed E-state index contributed by atoms with van der Waals surface area (Å²) in [6.07, 6.45) is 0.972. The van der Waals surface area contributed by atoms with Crippen LogP contribution in [0.3, 0.4) is 0 Å². The number of anilines is 1. The highest BCUT2D eigenvalue weighted by Crippen LogP contribution is 2.12. The van der Waals surface area contributed by atoms with E-state index in [1.807, 2.05) is 31.2 Å². The molecule has 0 bridgehead atoms. The first kappa shape index (κ1) is 14.0. The van der Waals surface area contributed by atoms with Crippen molar-refractivity contribution in [3.8, 4) is 5.75 Å². The van der Waals surface area contributed by atoms with Crippen molar-refractivity contribution >= 4 is 11.9 Å². The topological polar surface area (TPSA) is 81.9 Å². The van der Waals surface area contributed by atoms with E-state index in [1.165, 1.54) is 10.4 Å². The van der Waals surface area contributed by atoms with Crippen LogP contribution < -0.4 is 10.1 Å². The number of hydrogen-bond donors (Lipinski definition) is 1. The number of aromatic nitrogens is 4. The van der Waals surface area contributed by atoms with E-state index in [2.05, 4.69) is 27.7 Å². The van der Waals surface area contributed by atoms with Crippen molar-refractivity contribution in [3.63, 3.8) is 0 Å². The molecule has 7 heteroatoms. The minimum atomic E-state index is -0.319. The summed E-state index contributed by atoms with van der Waals surface area (Å²) in [7, 11) is 0. The van der Waals surface area contributed by atoms with Crippen LogP contribution in [-0.2, 0) is 17.8 Å². The van der Waals surface area contributed by atoms with E-state index in [4.69, 9.17) is 4.74 Å². The average Bonchev–Trinajstić information content (AvgIpc) is 2.93.